The van der Waals surface area contributed by atoms with Crippen molar-refractivity contribution in [1.82, 2.24) is 0 Å². The molecule has 0 aromatic heterocycles. The van der Waals surface area contributed by atoms with Crippen LogP contribution < -0.4 is 0 Å². The highest BCUT2D eigenvalue weighted by Crippen LogP contribution is 2.72. The quantitative estimate of drug-likeness (QED) is 0.179. The van der Waals surface area contributed by atoms with Gasteiger partial charge in [0.2, 0.25) is 0 Å². The highest BCUT2D eigenvalue weighted by molar-refractivity contribution is 7.72. The monoisotopic (exact) mass is 418 g/mol. The molecule has 0 bridgehead atoms. The molecule has 0 spiro atoms. The van der Waals surface area contributed by atoms with E-state index in [0.29, 0.717) is 12.2 Å². The Bertz CT molecular complexity index is 593. The van der Waals surface area contributed by atoms with Crippen molar-refractivity contribution in [2.75, 3.05) is 12.3 Å². The first-order valence-corrected chi connectivity index (χ1v) is 12.6. The van der Waals surface area contributed by atoms with E-state index < -0.39 is 60.4 Å². The average Bonchev–Trinajstić information content (AvgIpc) is 2.19. The molecule has 0 heterocycles. The molecule has 0 saturated carbocycles. The molecular formula is C7H18O12P4. The lowest BCUT2D eigenvalue weighted by atomic mass is 10.2. The first-order valence-electron chi connectivity index (χ1n) is 5.79. The van der Waals surface area contributed by atoms with E-state index in [2.05, 4.69) is 0 Å². The summed E-state index contributed by atoms with van der Waals surface area (Å²) in [6.07, 6.45) is -2.69. The fourth-order valence-corrected chi connectivity index (χ4v) is 5.47. The summed E-state index contributed by atoms with van der Waals surface area (Å²) < 4.78 is 44.6. The van der Waals surface area contributed by atoms with Crippen LogP contribution in [0.1, 0.15) is 12.8 Å². The first kappa shape index (κ1) is 23.3. The van der Waals surface area contributed by atoms with E-state index in [9.17, 15) is 37.8 Å². The highest BCUT2D eigenvalue weighted by Gasteiger charge is 2.57. The molecule has 8 N–H and O–H groups in total. The van der Waals surface area contributed by atoms with Gasteiger partial charge in [-0.2, -0.15) is 0 Å². The van der Waals surface area contributed by atoms with Crippen LogP contribution in [0.5, 0.6) is 0 Å². The van der Waals surface area contributed by atoms with Crippen molar-refractivity contribution in [2.45, 2.75) is 17.7 Å². The predicted octanol–water partition coefficient (Wildman–Crippen LogP) is -0.270. The highest BCUT2D eigenvalue weighted by atomic mass is 31.2. The maximum absolute atomic E-state index is 11.6. The molecule has 0 aliphatic rings. The van der Waals surface area contributed by atoms with Gasteiger partial charge in [0.25, 0.3) is 0 Å². The molecule has 0 atom stereocenters. The normalized spacial score (nSPS) is 15.3. The van der Waals surface area contributed by atoms with Crippen LogP contribution in [0.3, 0.4) is 0 Å². The summed E-state index contributed by atoms with van der Waals surface area (Å²) in [6.45, 7) is 0. The topological polar surface area (TPSA) is 230 Å². The van der Waals surface area contributed by atoms with E-state index in [4.69, 9.17) is 19.6 Å². The van der Waals surface area contributed by atoms with Crippen LogP contribution in [-0.4, -0.2) is 56.4 Å². The van der Waals surface area contributed by atoms with Gasteiger partial charge in [-0.1, -0.05) is 12.2 Å². The lowest BCUT2D eigenvalue weighted by Gasteiger charge is -2.32. The molecule has 0 radical (unpaired) electrons. The van der Waals surface area contributed by atoms with Crippen molar-refractivity contribution in [2.24, 2.45) is 0 Å². The third-order valence-electron chi connectivity index (χ3n) is 2.73. The fourth-order valence-electron chi connectivity index (χ4n) is 1.66. The lowest BCUT2D eigenvalue weighted by Crippen LogP contribution is -2.27. The standard InChI is InChI=1S/C7H18O12P4/c8-20(9,10)5-1-3-7(22(14,15)16,23(17,18)19)4-2-6-21(11,12)13/h1,3H,2,4-6H2,(H2,8,9,10)(H2,11,12,13)(H2,14,15,16)(H2,17,18,19)/b3-1+. The second kappa shape index (κ2) is 7.70. The number of hydrogen-bond donors (Lipinski definition) is 8. The van der Waals surface area contributed by atoms with Gasteiger partial charge >= 0.3 is 30.4 Å². The van der Waals surface area contributed by atoms with Crippen LogP contribution in [0.15, 0.2) is 12.2 Å². The Kier molecular flexibility index (Phi) is 7.82. The molecule has 16 heteroatoms. The van der Waals surface area contributed by atoms with Crippen LogP contribution in [0, 0.1) is 0 Å². The molecule has 0 amide bonds. The summed E-state index contributed by atoms with van der Waals surface area (Å²) in [5.74, 6) is 0. The van der Waals surface area contributed by atoms with Gasteiger partial charge in [0.05, 0.1) is 6.16 Å². The Morgan fingerprint density at radius 2 is 1.17 bits per heavy atom. The molecule has 23 heavy (non-hydrogen) atoms. The maximum Gasteiger partial charge on any atom is 0.347 e. The Hall–Kier alpha value is 0.340. The number of hydrogen-bond acceptors (Lipinski definition) is 4. The van der Waals surface area contributed by atoms with Gasteiger partial charge in [0.1, 0.15) is 0 Å². The van der Waals surface area contributed by atoms with Crippen LogP contribution in [-0.2, 0) is 18.3 Å². The van der Waals surface area contributed by atoms with E-state index in [0.717, 1.165) is 0 Å². The lowest BCUT2D eigenvalue weighted by molar-refractivity contribution is 0.314. The van der Waals surface area contributed by atoms with Gasteiger partial charge in [-0.15, -0.1) is 0 Å². The van der Waals surface area contributed by atoms with Gasteiger partial charge in [0, 0.05) is 6.16 Å². The minimum absolute atomic E-state index is 0.313. The summed E-state index contributed by atoms with van der Waals surface area (Å²) >= 11 is 0. The molecule has 0 aliphatic heterocycles. The van der Waals surface area contributed by atoms with Crippen molar-refractivity contribution in [3.8, 4) is 0 Å². The number of rotatable bonds is 9. The maximum atomic E-state index is 11.6. The zero-order valence-corrected chi connectivity index (χ0v) is 15.1. The largest absolute Gasteiger partial charge is 0.347 e. The molecular weight excluding hydrogens is 400 g/mol. The summed E-state index contributed by atoms with van der Waals surface area (Å²) in [7, 11) is -20.3. The fraction of sp³-hybridized carbons (Fsp3) is 0.714. The molecule has 0 aromatic carbocycles. The predicted molar refractivity (Wildman–Crippen MR) is 79.0 cm³/mol. The average molecular weight is 418 g/mol. The van der Waals surface area contributed by atoms with Crippen molar-refractivity contribution in [3.63, 3.8) is 0 Å². The van der Waals surface area contributed by atoms with E-state index in [1.165, 1.54) is 0 Å². The second-order valence-electron chi connectivity index (χ2n) is 4.71. The third-order valence-corrected chi connectivity index (χ3v) is 8.64. The van der Waals surface area contributed by atoms with Gasteiger partial charge in [-0.25, -0.2) is 0 Å². The van der Waals surface area contributed by atoms with Crippen LogP contribution in [0.4, 0.5) is 0 Å². The molecule has 0 saturated heterocycles. The van der Waals surface area contributed by atoms with E-state index in [1.54, 1.807) is 0 Å². The van der Waals surface area contributed by atoms with Gasteiger partial charge < -0.3 is 39.1 Å². The molecule has 0 unspecified atom stereocenters. The van der Waals surface area contributed by atoms with Gasteiger partial charge in [0.15, 0.2) is 4.90 Å². The zero-order chi connectivity index (χ0) is 18.7. The smallest absolute Gasteiger partial charge is 0.324 e. The van der Waals surface area contributed by atoms with Gasteiger partial charge in [-0.05, 0) is 12.8 Å². The Morgan fingerprint density at radius 3 is 1.48 bits per heavy atom. The van der Waals surface area contributed by atoms with Crippen LogP contribution in [0.25, 0.3) is 0 Å². The SMILES string of the molecule is O=P(O)(O)C/C=C/C(CCCP(=O)(O)O)(P(=O)(O)O)P(=O)(O)O. The molecule has 0 fully saturated rings. The second-order valence-corrected chi connectivity index (χ2v) is 12.3. The molecule has 0 aromatic rings. The van der Waals surface area contributed by atoms with Crippen molar-refractivity contribution < 1.29 is 57.4 Å². The van der Waals surface area contributed by atoms with Crippen molar-refractivity contribution >= 4 is 30.4 Å². The molecule has 0 rings (SSSR count). The summed E-state index contributed by atoms with van der Waals surface area (Å²) in [5, 5.41) is 0. The Balaban J connectivity index is 5.74. The van der Waals surface area contributed by atoms with Crippen LogP contribution >= 0.6 is 30.4 Å². The van der Waals surface area contributed by atoms with E-state index in [-0.39, 0.29) is 0 Å². The summed E-state index contributed by atoms with van der Waals surface area (Å²) in [5.41, 5.74) is 0. The Morgan fingerprint density at radius 1 is 0.739 bits per heavy atom. The van der Waals surface area contributed by atoms with Crippen molar-refractivity contribution in [1.29, 1.82) is 0 Å². The molecule has 0 aliphatic carbocycles. The zero-order valence-electron chi connectivity index (χ0n) is 11.5. The molecule has 12 nitrogen and oxygen atoms in total. The van der Waals surface area contributed by atoms with E-state index in [1.807, 2.05) is 0 Å². The molecule has 138 valence electrons. The number of allylic oxidation sites excluding steroid dienone is 2. The van der Waals surface area contributed by atoms with E-state index >= 15 is 0 Å². The minimum Gasteiger partial charge on any atom is -0.324 e. The third kappa shape index (κ3) is 7.84. The summed E-state index contributed by atoms with van der Waals surface area (Å²) in [4.78, 5) is 68.8. The van der Waals surface area contributed by atoms with Crippen LogP contribution in [0.2, 0.25) is 0 Å². The first-order chi connectivity index (χ1) is 9.91. The Labute approximate surface area is 130 Å². The summed E-state index contributed by atoms with van der Waals surface area (Å²) in [6, 6.07) is 0. The minimum atomic E-state index is -5.55. The van der Waals surface area contributed by atoms with Crippen molar-refractivity contribution in [3.05, 3.63) is 12.2 Å². The van der Waals surface area contributed by atoms with Gasteiger partial charge in [-0.3, -0.25) is 18.3 Å².